The smallest absolute Gasteiger partial charge is 0.399 e. The molecule has 100 valence electrons. The first kappa shape index (κ1) is 13.3. The number of hydrogen-bond donors (Lipinski definition) is 1. The number of nitrogens with two attached hydrogens (primary N) is 1. The Balaban J connectivity index is 2.74. The number of benzene rings is 2. The lowest BCUT2D eigenvalue weighted by Gasteiger charge is -2.14. The third kappa shape index (κ3) is 2.52. The predicted octanol–water partition coefficient (Wildman–Crippen LogP) is 4.23. The standard InChI is InChI=1S/C13H8F5N/c14-10-5-7(19)6-11(15)12(10)8-3-1-2-4-9(8)13(16,17)18/h1-6H,19H2. The first-order chi connectivity index (χ1) is 8.80. The van der Waals surface area contributed by atoms with E-state index in [-0.39, 0.29) is 5.69 Å². The summed E-state index contributed by atoms with van der Waals surface area (Å²) < 4.78 is 65.8. The van der Waals surface area contributed by atoms with Gasteiger partial charge in [-0.05, 0) is 23.8 Å². The van der Waals surface area contributed by atoms with Crippen molar-refractivity contribution in [2.24, 2.45) is 0 Å². The van der Waals surface area contributed by atoms with Crippen molar-refractivity contribution in [3.8, 4) is 11.1 Å². The summed E-state index contributed by atoms with van der Waals surface area (Å²) in [6.45, 7) is 0. The van der Waals surface area contributed by atoms with Crippen LogP contribution in [0.25, 0.3) is 11.1 Å². The summed E-state index contributed by atoms with van der Waals surface area (Å²) in [4.78, 5) is 0. The second kappa shape index (κ2) is 4.53. The van der Waals surface area contributed by atoms with E-state index in [4.69, 9.17) is 5.73 Å². The summed E-state index contributed by atoms with van der Waals surface area (Å²) >= 11 is 0. The Labute approximate surface area is 105 Å². The fourth-order valence-electron chi connectivity index (χ4n) is 1.80. The zero-order chi connectivity index (χ0) is 14.2. The number of nitrogen functional groups attached to an aromatic ring is 1. The Hall–Kier alpha value is -2.11. The average molecular weight is 273 g/mol. The largest absolute Gasteiger partial charge is 0.417 e. The lowest BCUT2D eigenvalue weighted by Crippen LogP contribution is -2.08. The van der Waals surface area contributed by atoms with Gasteiger partial charge >= 0.3 is 6.18 Å². The highest BCUT2D eigenvalue weighted by atomic mass is 19.4. The molecule has 0 aliphatic heterocycles. The van der Waals surface area contributed by atoms with E-state index in [0.717, 1.165) is 30.3 Å². The van der Waals surface area contributed by atoms with Crippen LogP contribution in [0.2, 0.25) is 0 Å². The van der Waals surface area contributed by atoms with Crippen LogP contribution in [0.1, 0.15) is 5.56 Å². The Morgan fingerprint density at radius 3 is 1.95 bits per heavy atom. The van der Waals surface area contributed by atoms with Crippen LogP contribution < -0.4 is 5.73 Å². The van der Waals surface area contributed by atoms with Crippen molar-refractivity contribution < 1.29 is 22.0 Å². The summed E-state index contributed by atoms with van der Waals surface area (Å²) in [5.41, 5.74) is 2.65. The van der Waals surface area contributed by atoms with Crippen LogP contribution in [0.3, 0.4) is 0 Å². The third-order valence-electron chi connectivity index (χ3n) is 2.57. The van der Waals surface area contributed by atoms with Gasteiger partial charge in [0, 0.05) is 5.69 Å². The maximum Gasteiger partial charge on any atom is 0.417 e. The van der Waals surface area contributed by atoms with E-state index >= 15 is 0 Å². The minimum atomic E-state index is -4.70. The van der Waals surface area contributed by atoms with Crippen molar-refractivity contribution in [1.29, 1.82) is 0 Å². The van der Waals surface area contributed by atoms with Crippen molar-refractivity contribution in [3.63, 3.8) is 0 Å². The fraction of sp³-hybridized carbons (Fsp3) is 0.0769. The fourth-order valence-corrected chi connectivity index (χ4v) is 1.80. The lowest BCUT2D eigenvalue weighted by molar-refractivity contribution is -0.137. The molecule has 2 aromatic carbocycles. The highest BCUT2D eigenvalue weighted by Gasteiger charge is 2.34. The van der Waals surface area contributed by atoms with Crippen LogP contribution in [0.5, 0.6) is 0 Å². The van der Waals surface area contributed by atoms with Gasteiger partial charge in [0.15, 0.2) is 0 Å². The molecule has 0 saturated carbocycles. The molecule has 19 heavy (non-hydrogen) atoms. The molecule has 2 N–H and O–H groups in total. The Morgan fingerprint density at radius 2 is 1.42 bits per heavy atom. The van der Waals surface area contributed by atoms with Gasteiger partial charge in [-0.15, -0.1) is 0 Å². The summed E-state index contributed by atoms with van der Waals surface area (Å²) in [7, 11) is 0. The van der Waals surface area contributed by atoms with Crippen LogP contribution in [-0.4, -0.2) is 0 Å². The molecule has 0 aromatic heterocycles. The molecule has 0 bridgehead atoms. The van der Waals surface area contributed by atoms with Crippen LogP contribution in [0.4, 0.5) is 27.6 Å². The van der Waals surface area contributed by atoms with Crippen LogP contribution in [0, 0.1) is 11.6 Å². The van der Waals surface area contributed by atoms with E-state index in [1.807, 2.05) is 0 Å². The SMILES string of the molecule is Nc1cc(F)c(-c2ccccc2C(F)(F)F)c(F)c1. The molecule has 2 rings (SSSR count). The summed E-state index contributed by atoms with van der Waals surface area (Å²) in [5, 5.41) is 0. The molecular weight excluding hydrogens is 265 g/mol. The first-order valence-electron chi connectivity index (χ1n) is 5.22. The normalized spacial score (nSPS) is 11.6. The quantitative estimate of drug-likeness (QED) is 0.610. The van der Waals surface area contributed by atoms with E-state index in [2.05, 4.69) is 0 Å². The maximum absolute atomic E-state index is 13.7. The molecule has 0 heterocycles. The molecule has 0 atom stereocenters. The van der Waals surface area contributed by atoms with Gasteiger partial charge in [-0.25, -0.2) is 8.78 Å². The molecule has 0 saturated heterocycles. The van der Waals surface area contributed by atoms with E-state index in [1.54, 1.807) is 0 Å². The highest BCUT2D eigenvalue weighted by molar-refractivity contribution is 5.71. The van der Waals surface area contributed by atoms with Crippen molar-refractivity contribution in [3.05, 3.63) is 53.6 Å². The first-order valence-corrected chi connectivity index (χ1v) is 5.22. The average Bonchev–Trinajstić information content (AvgIpc) is 2.26. The minimum Gasteiger partial charge on any atom is -0.399 e. The predicted molar refractivity (Wildman–Crippen MR) is 61.2 cm³/mol. The molecule has 0 radical (unpaired) electrons. The molecule has 0 aliphatic carbocycles. The lowest BCUT2D eigenvalue weighted by atomic mass is 9.98. The van der Waals surface area contributed by atoms with Crippen molar-refractivity contribution in [2.75, 3.05) is 5.73 Å². The minimum absolute atomic E-state index is 0.191. The molecule has 0 unspecified atom stereocenters. The van der Waals surface area contributed by atoms with Crippen LogP contribution >= 0.6 is 0 Å². The highest BCUT2D eigenvalue weighted by Crippen LogP contribution is 2.39. The molecule has 6 heteroatoms. The Morgan fingerprint density at radius 1 is 0.895 bits per heavy atom. The monoisotopic (exact) mass is 273 g/mol. The molecule has 0 spiro atoms. The van der Waals surface area contributed by atoms with E-state index in [9.17, 15) is 22.0 Å². The zero-order valence-corrected chi connectivity index (χ0v) is 9.43. The number of rotatable bonds is 1. The molecule has 0 fully saturated rings. The van der Waals surface area contributed by atoms with E-state index in [1.165, 1.54) is 6.07 Å². The van der Waals surface area contributed by atoms with Gasteiger partial charge in [0.1, 0.15) is 11.6 Å². The van der Waals surface area contributed by atoms with Gasteiger partial charge < -0.3 is 5.73 Å². The Kier molecular flexibility index (Phi) is 3.18. The zero-order valence-electron chi connectivity index (χ0n) is 9.43. The van der Waals surface area contributed by atoms with Crippen molar-refractivity contribution >= 4 is 5.69 Å². The molecule has 1 nitrogen and oxygen atoms in total. The molecular formula is C13H8F5N. The van der Waals surface area contributed by atoms with Gasteiger partial charge in [-0.3, -0.25) is 0 Å². The van der Waals surface area contributed by atoms with E-state index < -0.39 is 34.5 Å². The van der Waals surface area contributed by atoms with Gasteiger partial charge in [0.25, 0.3) is 0 Å². The Bertz CT molecular complexity index is 596. The van der Waals surface area contributed by atoms with Gasteiger partial charge in [0.05, 0.1) is 11.1 Å². The third-order valence-corrected chi connectivity index (χ3v) is 2.57. The van der Waals surface area contributed by atoms with Gasteiger partial charge in [-0.2, -0.15) is 13.2 Å². The summed E-state index contributed by atoms with van der Waals surface area (Å²) in [6, 6.07) is 5.78. The molecule has 2 aromatic rings. The second-order valence-corrected chi connectivity index (χ2v) is 3.90. The van der Waals surface area contributed by atoms with Crippen LogP contribution in [-0.2, 0) is 6.18 Å². The van der Waals surface area contributed by atoms with Crippen molar-refractivity contribution in [2.45, 2.75) is 6.18 Å². The number of hydrogen-bond acceptors (Lipinski definition) is 1. The topological polar surface area (TPSA) is 26.0 Å². The van der Waals surface area contributed by atoms with Gasteiger partial charge in [0.2, 0.25) is 0 Å². The summed E-state index contributed by atoms with van der Waals surface area (Å²) in [6.07, 6.45) is -4.70. The van der Waals surface area contributed by atoms with Crippen molar-refractivity contribution in [1.82, 2.24) is 0 Å². The number of anilines is 1. The summed E-state index contributed by atoms with van der Waals surface area (Å²) in [5.74, 6) is -2.26. The molecule has 0 amide bonds. The number of alkyl halides is 3. The second-order valence-electron chi connectivity index (χ2n) is 3.90. The number of halogens is 5. The maximum atomic E-state index is 13.7. The van der Waals surface area contributed by atoms with Gasteiger partial charge in [-0.1, -0.05) is 18.2 Å². The molecule has 0 aliphatic rings. The van der Waals surface area contributed by atoms with Crippen LogP contribution in [0.15, 0.2) is 36.4 Å². The van der Waals surface area contributed by atoms with E-state index in [0.29, 0.717) is 0 Å².